The van der Waals surface area contributed by atoms with Crippen LogP contribution in [0.25, 0.3) is 6.08 Å². The third kappa shape index (κ3) is 8.70. The summed E-state index contributed by atoms with van der Waals surface area (Å²) >= 11 is 0. The number of carbonyl (C=O) groups is 2. The van der Waals surface area contributed by atoms with Crippen molar-refractivity contribution < 1.29 is 24.2 Å². The molecule has 0 radical (unpaired) electrons. The van der Waals surface area contributed by atoms with Crippen molar-refractivity contribution in [1.29, 1.82) is 0 Å². The van der Waals surface area contributed by atoms with Gasteiger partial charge in [-0.1, -0.05) is 48.6 Å². The summed E-state index contributed by atoms with van der Waals surface area (Å²) in [5.41, 5.74) is 2.35. The van der Waals surface area contributed by atoms with Crippen LogP contribution in [0.1, 0.15) is 19.4 Å². The largest absolute Gasteiger partial charge is 0.478 e. The molecule has 0 spiro atoms. The third-order valence-electron chi connectivity index (χ3n) is 2.96. The predicted octanol–water partition coefficient (Wildman–Crippen LogP) is 3.24. The SMILES string of the molecule is C=CC(=O)OCC1CO1.CC(=Cc1ccccc1)C=C(C)C(=O)O. The Bertz CT molecular complexity index is 624. The molecule has 5 heteroatoms. The van der Waals surface area contributed by atoms with Crippen LogP contribution in [0.2, 0.25) is 0 Å². The maximum atomic E-state index is 10.6. The van der Waals surface area contributed by atoms with Crippen LogP contribution in [0.5, 0.6) is 0 Å². The molecule has 1 aliphatic heterocycles. The number of benzene rings is 1. The van der Waals surface area contributed by atoms with E-state index in [1.54, 1.807) is 13.0 Å². The first-order chi connectivity index (χ1) is 11.4. The summed E-state index contributed by atoms with van der Waals surface area (Å²) in [7, 11) is 0. The normalized spacial score (nSPS) is 16.5. The van der Waals surface area contributed by atoms with Gasteiger partial charge in [-0.3, -0.25) is 0 Å². The number of ether oxygens (including phenoxy) is 2. The third-order valence-corrected chi connectivity index (χ3v) is 2.96. The minimum absolute atomic E-state index is 0.147. The molecule has 0 aromatic heterocycles. The summed E-state index contributed by atoms with van der Waals surface area (Å²) < 4.78 is 9.42. The van der Waals surface area contributed by atoms with E-state index < -0.39 is 5.97 Å². The molecule has 0 aliphatic carbocycles. The quantitative estimate of drug-likeness (QED) is 0.375. The molecule has 1 fully saturated rings. The number of epoxide rings is 1. The second-order valence-electron chi connectivity index (χ2n) is 5.22. The number of aliphatic carboxylic acids is 1. The van der Waals surface area contributed by atoms with Crippen molar-refractivity contribution in [2.24, 2.45) is 0 Å². The highest BCUT2D eigenvalue weighted by Crippen LogP contribution is 2.09. The number of carboxylic acids is 1. The van der Waals surface area contributed by atoms with Crippen LogP contribution in [0, 0.1) is 0 Å². The lowest BCUT2D eigenvalue weighted by atomic mass is 10.1. The van der Waals surface area contributed by atoms with Crippen LogP contribution in [0.3, 0.4) is 0 Å². The lowest BCUT2D eigenvalue weighted by Crippen LogP contribution is -2.06. The van der Waals surface area contributed by atoms with E-state index in [9.17, 15) is 9.59 Å². The molecular formula is C19H22O5. The first-order valence-electron chi connectivity index (χ1n) is 7.48. The standard InChI is InChI=1S/C13H14O2.C6H8O3/c1-10(8-11(2)13(14)15)9-12-6-4-3-5-7-12;1-2-6(7)9-4-5-3-8-5/h3-9H,1-2H3,(H,14,15);2,5H,1,3-4H2. The molecule has 5 nitrogen and oxygen atoms in total. The van der Waals surface area contributed by atoms with E-state index >= 15 is 0 Å². The fourth-order valence-corrected chi connectivity index (χ4v) is 1.66. The minimum Gasteiger partial charge on any atom is -0.478 e. The smallest absolute Gasteiger partial charge is 0.331 e. The second kappa shape index (κ2) is 10.2. The van der Waals surface area contributed by atoms with E-state index in [1.807, 2.05) is 43.3 Å². The van der Waals surface area contributed by atoms with E-state index in [-0.39, 0.29) is 12.1 Å². The van der Waals surface area contributed by atoms with Gasteiger partial charge in [-0.25, -0.2) is 9.59 Å². The maximum absolute atomic E-state index is 10.6. The Labute approximate surface area is 141 Å². The number of hydrogen-bond acceptors (Lipinski definition) is 4. The first kappa shape index (κ1) is 19.4. The lowest BCUT2D eigenvalue weighted by molar-refractivity contribution is -0.138. The first-order valence-corrected chi connectivity index (χ1v) is 7.48. The molecule has 1 atom stereocenters. The van der Waals surface area contributed by atoms with Crippen LogP contribution >= 0.6 is 0 Å². The van der Waals surface area contributed by atoms with Gasteiger partial charge in [0.1, 0.15) is 12.7 Å². The molecule has 128 valence electrons. The van der Waals surface area contributed by atoms with Crippen molar-refractivity contribution in [3.05, 3.63) is 65.8 Å². The van der Waals surface area contributed by atoms with E-state index in [0.29, 0.717) is 18.8 Å². The molecular weight excluding hydrogens is 308 g/mol. The van der Waals surface area contributed by atoms with Crippen molar-refractivity contribution in [2.45, 2.75) is 20.0 Å². The summed E-state index contributed by atoms with van der Waals surface area (Å²) in [6.45, 7) is 7.80. The van der Waals surface area contributed by atoms with Gasteiger partial charge in [0.05, 0.1) is 6.61 Å². The van der Waals surface area contributed by atoms with Crippen LogP contribution in [0.15, 0.2) is 60.2 Å². The van der Waals surface area contributed by atoms with Crippen LogP contribution in [-0.2, 0) is 19.1 Å². The van der Waals surface area contributed by atoms with Gasteiger partial charge in [0, 0.05) is 11.6 Å². The number of allylic oxidation sites excluding steroid dienone is 2. The van der Waals surface area contributed by atoms with Crippen molar-refractivity contribution in [3.8, 4) is 0 Å². The Kier molecular flexibility index (Phi) is 8.22. The lowest BCUT2D eigenvalue weighted by Gasteiger charge is -1.96. The zero-order chi connectivity index (χ0) is 17.9. The molecule has 24 heavy (non-hydrogen) atoms. The molecule has 1 aliphatic rings. The summed E-state index contributed by atoms with van der Waals surface area (Å²) in [6, 6.07) is 9.81. The number of carboxylic acid groups (broad SMARTS) is 1. The van der Waals surface area contributed by atoms with Crippen LogP contribution in [-0.4, -0.2) is 36.4 Å². The molecule has 1 saturated heterocycles. The highest BCUT2D eigenvalue weighted by molar-refractivity contribution is 5.86. The van der Waals surface area contributed by atoms with Gasteiger partial charge in [0.2, 0.25) is 0 Å². The van der Waals surface area contributed by atoms with E-state index in [0.717, 1.165) is 17.2 Å². The van der Waals surface area contributed by atoms with E-state index in [4.69, 9.17) is 9.84 Å². The fraction of sp³-hybridized carbons (Fsp3) is 0.263. The van der Waals surface area contributed by atoms with E-state index in [1.165, 1.54) is 0 Å². The molecule has 0 saturated carbocycles. The molecule has 1 heterocycles. The summed E-state index contributed by atoms with van der Waals surface area (Å²) in [5.74, 6) is -1.26. The molecule has 1 aromatic carbocycles. The monoisotopic (exact) mass is 330 g/mol. The summed E-state index contributed by atoms with van der Waals surface area (Å²) in [4.78, 5) is 20.9. The van der Waals surface area contributed by atoms with Gasteiger partial charge in [0.15, 0.2) is 0 Å². The van der Waals surface area contributed by atoms with Crippen LogP contribution < -0.4 is 0 Å². The van der Waals surface area contributed by atoms with Crippen molar-refractivity contribution in [3.63, 3.8) is 0 Å². The van der Waals surface area contributed by atoms with Crippen molar-refractivity contribution in [2.75, 3.05) is 13.2 Å². The van der Waals surface area contributed by atoms with Crippen LogP contribution in [0.4, 0.5) is 0 Å². The van der Waals surface area contributed by atoms with Gasteiger partial charge in [-0.05, 0) is 25.5 Å². The van der Waals surface area contributed by atoms with Gasteiger partial charge < -0.3 is 14.6 Å². The maximum Gasteiger partial charge on any atom is 0.331 e. The number of hydrogen-bond donors (Lipinski definition) is 1. The second-order valence-corrected chi connectivity index (χ2v) is 5.22. The zero-order valence-corrected chi connectivity index (χ0v) is 13.9. The molecule has 1 unspecified atom stereocenters. The molecule has 1 N–H and O–H groups in total. The Morgan fingerprint density at radius 2 is 1.96 bits per heavy atom. The molecule has 0 amide bonds. The van der Waals surface area contributed by atoms with Gasteiger partial charge in [-0.2, -0.15) is 0 Å². The highest BCUT2D eigenvalue weighted by Gasteiger charge is 2.23. The summed E-state index contributed by atoms with van der Waals surface area (Å²) in [5, 5.41) is 8.70. The van der Waals surface area contributed by atoms with Gasteiger partial charge in [-0.15, -0.1) is 0 Å². The van der Waals surface area contributed by atoms with Crippen molar-refractivity contribution >= 4 is 18.0 Å². The number of carbonyl (C=O) groups excluding carboxylic acids is 1. The zero-order valence-electron chi connectivity index (χ0n) is 13.9. The van der Waals surface area contributed by atoms with E-state index in [2.05, 4.69) is 11.3 Å². The van der Waals surface area contributed by atoms with Gasteiger partial charge in [0.25, 0.3) is 0 Å². The fourth-order valence-electron chi connectivity index (χ4n) is 1.66. The number of rotatable bonds is 6. The van der Waals surface area contributed by atoms with Gasteiger partial charge >= 0.3 is 11.9 Å². The predicted molar refractivity (Wildman–Crippen MR) is 92.4 cm³/mol. The Balaban J connectivity index is 0.000000272. The molecule has 0 bridgehead atoms. The van der Waals surface area contributed by atoms with Crippen molar-refractivity contribution in [1.82, 2.24) is 0 Å². The average Bonchev–Trinajstić information content (AvgIpc) is 3.38. The summed E-state index contributed by atoms with van der Waals surface area (Å²) in [6.07, 6.45) is 4.90. The molecule has 1 aromatic rings. The highest BCUT2D eigenvalue weighted by atomic mass is 16.6. The minimum atomic E-state index is -0.879. The Morgan fingerprint density at radius 1 is 1.33 bits per heavy atom. The number of esters is 1. The Morgan fingerprint density at radius 3 is 2.46 bits per heavy atom. The average molecular weight is 330 g/mol. The Hall–Kier alpha value is -2.66. The topological polar surface area (TPSA) is 76.1 Å². The molecule has 2 rings (SSSR count).